The van der Waals surface area contributed by atoms with Crippen LogP contribution >= 0.6 is 0 Å². The van der Waals surface area contributed by atoms with Gasteiger partial charge in [-0.1, -0.05) is 24.3 Å². The molecule has 0 unspecified atom stereocenters. The zero-order valence-electron chi connectivity index (χ0n) is 15.3. The molecule has 0 N–H and O–H groups in total. The molecule has 0 saturated carbocycles. The number of allylic oxidation sites excluding steroid dienone is 1. The molecule has 0 fully saturated rings. The number of nitriles is 1. The van der Waals surface area contributed by atoms with E-state index in [1.54, 1.807) is 44.2 Å². The number of hydrogen-bond donors (Lipinski definition) is 0. The molecular weight excluding hydrogens is 371 g/mol. The number of ether oxygens (including phenoxy) is 2. The molecule has 0 aliphatic heterocycles. The summed E-state index contributed by atoms with van der Waals surface area (Å²) >= 11 is 0. The van der Waals surface area contributed by atoms with Crippen LogP contribution in [0.1, 0.15) is 30.5 Å². The highest BCUT2D eigenvalue weighted by atomic mass is 19.4. The topological polar surface area (TPSA) is 59.3 Å². The number of alkyl halides is 3. The maximum atomic E-state index is 12.6. The molecule has 0 atom stereocenters. The van der Waals surface area contributed by atoms with E-state index in [-0.39, 0.29) is 18.3 Å². The van der Waals surface area contributed by atoms with Crippen molar-refractivity contribution in [3.63, 3.8) is 0 Å². The molecule has 0 radical (unpaired) electrons. The van der Waals surface area contributed by atoms with Gasteiger partial charge in [0.1, 0.15) is 5.75 Å². The fraction of sp³-hybridized carbons (Fsp3) is 0.238. The average Bonchev–Trinajstić information content (AvgIpc) is 2.64. The van der Waals surface area contributed by atoms with Crippen LogP contribution in [0.15, 0.2) is 48.5 Å². The first-order valence-corrected chi connectivity index (χ1v) is 8.41. The fourth-order valence-electron chi connectivity index (χ4n) is 2.29. The summed E-state index contributed by atoms with van der Waals surface area (Å²) in [4.78, 5) is 11.5. The summed E-state index contributed by atoms with van der Waals surface area (Å²) in [7, 11) is 0. The first kappa shape index (κ1) is 21.0. The van der Waals surface area contributed by atoms with Crippen molar-refractivity contribution in [3.8, 4) is 11.8 Å². The molecule has 0 saturated heterocycles. The first-order valence-electron chi connectivity index (χ1n) is 8.41. The van der Waals surface area contributed by atoms with Gasteiger partial charge < -0.3 is 9.47 Å². The molecule has 0 aliphatic rings. The molecule has 0 aromatic heterocycles. The van der Waals surface area contributed by atoms with E-state index in [2.05, 4.69) is 0 Å². The molecule has 4 nitrogen and oxygen atoms in total. The largest absolute Gasteiger partial charge is 0.482 e. The van der Waals surface area contributed by atoms with E-state index in [1.807, 2.05) is 6.07 Å². The van der Waals surface area contributed by atoms with Crippen molar-refractivity contribution >= 4 is 17.6 Å². The lowest BCUT2D eigenvalue weighted by Gasteiger charge is -2.09. The lowest BCUT2D eigenvalue weighted by atomic mass is 10.0. The average molecular weight is 389 g/mol. The van der Waals surface area contributed by atoms with Gasteiger partial charge in [0.2, 0.25) is 0 Å². The highest BCUT2D eigenvalue weighted by Crippen LogP contribution is 2.30. The Balaban J connectivity index is 2.08. The molecular formula is C21H18F3NO3. The Morgan fingerprint density at radius 3 is 2.21 bits per heavy atom. The van der Waals surface area contributed by atoms with Gasteiger partial charge in [-0.3, -0.25) is 0 Å². The van der Waals surface area contributed by atoms with Gasteiger partial charge in [0.25, 0.3) is 0 Å². The Hall–Kier alpha value is -3.27. The minimum atomic E-state index is -4.42. The van der Waals surface area contributed by atoms with Crippen LogP contribution in [0.2, 0.25) is 0 Å². The quantitative estimate of drug-likeness (QED) is 0.392. The summed E-state index contributed by atoms with van der Waals surface area (Å²) in [6.07, 6.45) is -3.09. The Morgan fingerprint density at radius 2 is 1.71 bits per heavy atom. The first-order chi connectivity index (χ1) is 13.2. The second-order valence-electron chi connectivity index (χ2n) is 6.14. The Labute approximate surface area is 160 Å². The third kappa shape index (κ3) is 6.16. The summed E-state index contributed by atoms with van der Waals surface area (Å²) < 4.78 is 48.2. The lowest BCUT2D eigenvalue weighted by Crippen LogP contribution is -2.18. The van der Waals surface area contributed by atoms with E-state index in [9.17, 15) is 23.2 Å². The lowest BCUT2D eigenvalue weighted by molar-refractivity contribution is -0.149. The maximum Gasteiger partial charge on any atom is 0.416 e. The minimum Gasteiger partial charge on any atom is -0.482 e. The Bertz CT molecular complexity index is 877. The molecule has 0 bridgehead atoms. The van der Waals surface area contributed by atoms with Gasteiger partial charge in [0, 0.05) is 0 Å². The smallest absolute Gasteiger partial charge is 0.416 e. The number of rotatable bonds is 6. The summed E-state index contributed by atoms with van der Waals surface area (Å²) in [6.45, 7) is 3.26. The number of carbonyl (C=O) groups is 1. The van der Waals surface area contributed by atoms with E-state index in [4.69, 9.17) is 9.47 Å². The molecule has 2 aromatic rings. The molecule has 7 heteroatoms. The number of esters is 1. The van der Waals surface area contributed by atoms with Gasteiger partial charge >= 0.3 is 12.1 Å². The number of halogens is 3. The molecule has 0 aliphatic carbocycles. The monoisotopic (exact) mass is 389 g/mol. The maximum absolute atomic E-state index is 12.6. The Morgan fingerprint density at radius 1 is 1.11 bits per heavy atom. The van der Waals surface area contributed by atoms with Crippen molar-refractivity contribution < 1.29 is 27.4 Å². The second kappa shape index (κ2) is 9.09. The number of benzene rings is 2. The normalized spacial score (nSPS) is 11.8. The van der Waals surface area contributed by atoms with Crippen LogP contribution in [0.5, 0.6) is 5.75 Å². The third-order valence-electron chi connectivity index (χ3n) is 3.56. The summed E-state index contributed by atoms with van der Waals surface area (Å²) in [6, 6.07) is 13.0. The van der Waals surface area contributed by atoms with Crippen LogP contribution in [0, 0.1) is 11.3 Å². The van der Waals surface area contributed by atoms with Crippen molar-refractivity contribution in [1.82, 2.24) is 0 Å². The van der Waals surface area contributed by atoms with Gasteiger partial charge in [-0.15, -0.1) is 0 Å². The summed E-state index contributed by atoms with van der Waals surface area (Å²) in [5.74, 6) is -0.0288. The van der Waals surface area contributed by atoms with Crippen LogP contribution in [-0.4, -0.2) is 18.7 Å². The molecule has 0 spiro atoms. The standard InChI is InChI=1S/C21H18F3NO3/c1-14(2)28-20(26)13-27-19-9-3-15(4-10-19)11-17(12-25)16-5-7-18(8-6-16)21(22,23)24/h3-11,14H,13H2,1-2H3/b17-11-. The van der Waals surface area contributed by atoms with Crippen LogP contribution < -0.4 is 4.74 Å². The number of hydrogen-bond acceptors (Lipinski definition) is 4. The van der Waals surface area contributed by atoms with E-state index < -0.39 is 17.7 Å². The highest BCUT2D eigenvalue weighted by molar-refractivity contribution is 5.89. The van der Waals surface area contributed by atoms with Crippen LogP contribution in [0.25, 0.3) is 11.6 Å². The molecule has 28 heavy (non-hydrogen) atoms. The predicted octanol–water partition coefficient (Wildman–Crippen LogP) is 5.10. The summed E-state index contributed by atoms with van der Waals surface area (Å²) in [5, 5.41) is 9.33. The van der Waals surface area contributed by atoms with E-state index in [0.717, 1.165) is 12.1 Å². The highest BCUT2D eigenvalue weighted by Gasteiger charge is 2.30. The van der Waals surface area contributed by atoms with E-state index >= 15 is 0 Å². The van der Waals surface area contributed by atoms with Crippen LogP contribution in [0.3, 0.4) is 0 Å². The third-order valence-corrected chi connectivity index (χ3v) is 3.56. The minimum absolute atomic E-state index is 0.220. The molecule has 0 amide bonds. The van der Waals surface area contributed by atoms with Crippen molar-refractivity contribution in [1.29, 1.82) is 5.26 Å². The molecule has 2 aromatic carbocycles. The molecule has 146 valence electrons. The summed E-state index contributed by atoms with van der Waals surface area (Å²) in [5.41, 5.74) is 0.495. The van der Waals surface area contributed by atoms with Crippen molar-refractivity contribution in [2.24, 2.45) is 0 Å². The zero-order valence-corrected chi connectivity index (χ0v) is 15.3. The molecule has 0 heterocycles. The van der Waals surface area contributed by atoms with Crippen molar-refractivity contribution in [2.45, 2.75) is 26.1 Å². The van der Waals surface area contributed by atoms with E-state index in [1.165, 1.54) is 12.1 Å². The fourth-order valence-corrected chi connectivity index (χ4v) is 2.29. The number of nitrogens with zero attached hydrogens (tertiary/aromatic N) is 1. The van der Waals surface area contributed by atoms with Gasteiger partial charge in [-0.05, 0) is 55.3 Å². The molecule has 2 rings (SSSR count). The predicted molar refractivity (Wildman–Crippen MR) is 98.1 cm³/mol. The van der Waals surface area contributed by atoms with Crippen LogP contribution in [-0.2, 0) is 15.7 Å². The zero-order chi connectivity index (χ0) is 20.7. The van der Waals surface area contributed by atoms with Gasteiger partial charge in [-0.2, -0.15) is 18.4 Å². The van der Waals surface area contributed by atoms with Gasteiger partial charge in [0.15, 0.2) is 6.61 Å². The second-order valence-corrected chi connectivity index (χ2v) is 6.14. The van der Waals surface area contributed by atoms with Gasteiger partial charge in [0.05, 0.1) is 23.3 Å². The number of carbonyl (C=O) groups excluding carboxylic acids is 1. The van der Waals surface area contributed by atoms with Crippen molar-refractivity contribution in [2.75, 3.05) is 6.61 Å². The van der Waals surface area contributed by atoms with Crippen LogP contribution in [0.4, 0.5) is 13.2 Å². The SMILES string of the molecule is CC(C)OC(=O)COc1ccc(/C=C(/C#N)c2ccc(C(F)(F)F)cc2)cc1. The Kier molecular flexibility index (Phi) is 6.83. The van der Waals surface area contributed by atoms with E-state index in [0.29, 0.717) is 16.9 Å². The van der Waals surface area contributed by atoms with Crippen molar-refractivity contribution in [3.05, 3.63) is 65.2 Å². The van der Waals surface area contributed by atoms with Gasteiger partial charge in [-0.25, -0.2) is 4.79 Å².